The molecule has 6 heteroatoms. The molecule has 2 N–H and O–H groups in total. The molecule has 0 aromatic heterocycles. The van der Waals surface area contributed by atoms with E-state index in [0.717, 1.165) is 5.56 Å². The minimum absolute atomic E-state index is 0.0401. The zero-order chi connectivity index (χ0) is 13.6. The highest BCUT2D eigenvalue weighted by molar-refractivity contribution is 5.41. The van der Waals surface area contributed by atoms with Crippen LogP contribution in [0.1, 0.15) is 18.4 Å². The zero-order valence-corrected chi connectivity index (χ0v) is 10.0. The lowest BCUT2D eigenvalue weighted by atomic mass is 10.2. The van der Waals surface area contributed by atoms with Crippen LogP contribution >= 0.6 is 0 Å². The van der Waals surface area contributed by atoms with Crippen molar-refractivity contribution in [2.75, 3.05) is 13.7 Å². The third-order valence-corrected chi connectivity index (χ3v) is 2.39. The van der Waals surface area contributed by atoms with Gasteiger partial charge in [0.05, 0.1) is 7.11 Å². The van der Waals surface area contributed by atoms with E-state index in [0.29, 0.717) is 18.8 Å². The Morgan fingerprint density at radius 1 is 1.33 bits per heavy atom. The van der Waals surface area contributed by atoms with Crippen molar-refractivity contribution in [2.45, 2.75) is 25.6 Å². The molecule has 0 aliphatic rings. The minimum Gasteiger partial charge on any atom is -0.504 e. The Kier molecular flexibility index (Phi) is 5.27. The second kappa shape index (κ2) is 6.49. The lowest BCUT2D eigenvalue weighted by Crippen LogP contribution is -2.17. The average molecular weight is 263 g/mol. The second-order valence-corrected chi connectivity index (χ2v) is 3.90. The highest BCUT2D eigenvalue weighted by Crippen LogP contribution is 2.26. The Morgan fingerprint density at radius 3 is 2.67 bits per heavy atom. The van der Waals surface area contributed by atoms with Crippen LogP contribution in [0, 0.1) is 0 Å². The van der Waals surface area contributed by atoms with E-state index in [1.165, 1.54) is 13.2 Å². The van der Waals surface area contributed by atoms with Gasteiger partial charge in [0.2, 0.25) is 0 Å². The average Bonchev–Trinajstić information content (AvgIpc) is 2.29. The van der Waals surface area contributed by atoms with Crippen molar-refractivity contribution in [3.05, 3.63) is 23.8 Å². The monoisotopic (exact) mass is 263 g/mol. The fraction of sp³-hybridized carbons (Fsp3) is 0.500. The number of methoxy groups -OCH3 is 1. The number of benzene rings is 1. The van der Waals surface area contributed by atoms with Gasteiger partial charge < -0.3 is 15.2 Å². The Balaban J connectivity index is 2.31. The maximum atomic E-state index is 11.9. The predicted octanol–water partition coefficient (Wildman–Crippen LogP) is 2.83. The largest absolute Gasteiger partial charge is 0.504 e. The standard InChI is InChI=1S/C12H16F3NO2/c1-18-11-7-9(3-4-10(11)17)8-16-6-2-5-12(13,14)15/h3-4,7,16-17H,2,5-6,8H2,1H3. The molecule has 0 aliphatic carbocycles. The van der Waals surface area contributed by atoms with Gasteiger partial charge in [0.1, 0.15) is 0 Å². The van der Waals surface area contributed by atoms with Gasteiger partial charge in [-0.1, -0.05) is 6.07 Å². The first kappa shape index (κ1) is 14.6. The summed E-state index contributed by atoms with van der Waals surface area (Å²) in [6.45, 7) is 0.733. The van der Waals surface area contributed by atoms with E-state index in [4.69, 9.17) is 4.74 Å². The van der Waals surface area contributed by atoms with Crippen molar-refractivity contribution < 1.29 is 23.0 Å². The number of halogens is 3. The number of hydrogen-bond acceptors (Lipinski definition) is 3. The third kappa shape index (κ3) is 5.27. The van der Waals surface area contributed by atoms with Gasteiger partial charge in [0.15, 0.2) is 11.5 Å². The summed E-state index contributed by atoms with van der Waals surface area (Å²) in [4.78, 5) is 0. The fourth-order valence-corrected chi connectivity index (χ4v) is 1.48. The molecule has 0 unspecified atom stereocenters. The molecule has 0 spiro atoms. The van der Waals surface area contributed by atoms with Crippen molar-refractivity contribution in [3.63, 3.8) is 0 Å². The molecule has 0 heterocycles. The summed E-state index contributed by atoms with van der Waals surface area (Å²) in [6, 6.07) is 4.83. The van der Waals surface area contributed by atoms with Gasteiger partial charge in [0.25, 0.3) is 0 Å². The number of phenols is 1. The van der Waals surface area contributed by atoms with Crippen LogP contribution in [0.5, 0.6) is 11.5 Å². The summed E-state index contributed by atoms with van der Waals surface area (Å²) in [5.41, 5.74) is 0.844. The zero-order valence-electron chi connectivity index (χ0n) is 10.0. The molecular formula is C12H16F3NO2. The Morgan fingerprint density at radius 2 is 2.06 bits per heavy atom. The van der Waals surface area contributed by atoms with Crippen molar-refractivity contribution in [1.29, 1.82) is 0 Å². The number of nitrogens with one attached hydrogen (secondary N) is 1. The van der Waals surface area contributed by atoms with Crippen LogP contribution in [0.25, 0.3) is 0 Å². The Bertz CT molecular complexity index is 380. The molecule has 1 aromatic rings. The van der Waals surface area contributed by atoms with E-state index in [-0.39, 0.29) is 12.2 Å². The van der Waals surface area contributed by atoms with Gasteiger partial charge in [-0.3, -0.25) is 0 Å². The number of phenolic OH excluding ortho intramolecular Hbond substituents is 1. The van der Waals surface area contributed by atoms with Gasteiger partial charge in [-0.15, -0.1) is 0 Å². The second-order valence-electron chi connectivity index (χ2n) is 3.90. The number of rotatable bonds is 6. The molecule has 0 radical (unpaired) electrons. The van der Waals surface area contributed by atoms with Crippen LogP contribution in [0.3, 0.4) is 0 Å². The molecule has 0 aliphatic heterocycles. The van der Waals surface area contributed by atoms with Crippen LogP contribution in [-0.4, -0.2) is 24.9 Å². The maximum absolute atomic E-state index is 11.9. The molecule has 0 bridgehead atoms. The predicted molar refractivity (Wildman–Crippen MR) is 61.7 cm³/mol. The molecular weight excluding hydrogens is 247 g/mol. The summed E-state index contributed by atoms with van der Waals surface area (Å²) < 4.78 is 40.6. The van der Waals surface area contributed by atoms with E-state index in [2.05, 4.69) is 5.32 Å². The molecule has 18 heavy (non-hydrogen) atoms. The van der Waals surface area contributed by atoms with Gasteiger partial charge >= 0.3 is 6.18 Å². The van der Waals surface area contributed by atoms with E-state index >= 15 is 0 Å². The normalized spacial score (nSPS) is 11.6. The highest BCUT2D eigenvalue weighted by atomic mass is 19.4. The molecule has 0 atom stereocenters. The topological polar surface area (TPSA) is 41.5 Å². The molecule has 102 valence electrons. The van der Waals surface area contributed by atoms with Gasteiger partial charge in [-0.25, -0.2) is 0 Å². The van der Waals surface area contributed by atoms with E-state index < -0.39 is 12.6 Å². The first-order valence-corrected chi connectivity index (χ1v) is 5.56. The molecule has 0 saturated carbocycles. The highest BCUT2D eigenvalue weighted by Gasteiger charge is 2.25. The SMILES string of the molecule is COc1cc(CNCCCC(F)(F)F)ccc1O. The summed E-state index contributed by atoms with van der Waals surface area (Å²) in [5, 5.41) is 12.3. The fourth-order valence-electron chi connectivity index (χ4n) is 1.48. The maximum Gasteiger partial charge on any atom is 0.389 e. The van der Waals surface area contributed by atoms with Crippen molar-refractivity contribution >= 4 is 0 Å². The number of ether oxygens (including phenoxy) is 1. The molecule has 3 nitrogen and oxygen atoms in total. The van der Waals surface area contributed by atoms with Crippen molar-refractivity contribution in [3.8, 4) is 11.5 Å². The lowest BCUT2D eigenvalue weighted by Gasteiger charge is -2.09. The minimum atomic E-state index is -4.09. The first-order chi connectivity index (χ1) is 8.42. The smallest absolute Gasteiger partial charge is 0.389 e. The molecule has 1 rings (SSSR count). The van der Waals surface area contributed by atoms with Crippen molar-refractivity contribution in [1.82, 2.24) is 5.32 Å². The summed E-state index contributed by atoms with van der Waals surface area (Å²) in [7, 11) is 1.44. The number of alkyl halides is 3. The molecule has 0 amide bonds. The van der Waals surface area contributed by atoms with Crippen LogP contribution in [-0.2, 0) is 6.54 Å². The Hall–Kier alpha value is -1.43. The van der Waals surface area contributed by atoms with E-state index in [1.54, 1.807) is 12.1 Å². The van der Waals surface area contributed by atoms with Crippen LogP contribution in [0.2, 0.25) is 0 Å². The van der Waals surface area contributed by atoms with Gasteiger partial charge in [-0.2, -0.15) is 13.2 Å². The molecule has 0 saturated heterocycles. The Labute approximate surface area is 104 Å². The van der Waals surface area contributed by atoms with Crippen molar-refractivity contribution in [2.24, 2.45) is 0 Å². The van der Waals surface area contributed by atoms with Crippen LogP contribution in [0.4, 0.5) is 13.2 Å². The van der Waals surface area contributed by atoms with E-state index in [9.17, 15) is 18.3 Å². The third-order valence-electron chi connectivity index (χ3n) is 2.39. The van der Waals surface area contributed by atoms with Gasteiger partial charge in [0, 0.05) is 13.0 Å². The lowest BCUT2D eigenvalue weighted by molar-refractivity contribution is -0.135. The molecule has 0 fully saturated rings. The van der Waals surface area contributed by atoms with Crippen LogP contribution < -0.4 is 10.1 Å². The number of hydrogen-bond donors (Lipinski definition) is 2. The van der Waals surface area contributed by atoms with E-state index in [1.807, 2.05) is 0 Å². The summed E-state index contributed by atoms with van der Waals surface area (Å²) in [6.07, 6.45) is -4.82. The van der Waals surface area contributed by atoms with Crippen LogP contribution in [0.15, 0.2) is 18.2 Å². The van der Waals surface area contributed by atoms with Gasteiger partial charge in [-0.05, 0) is 30.7 Å². The summed E-state index contributed by atoms with van der Waals surface area (Å²) >= 11 is 0. The summed E-state index contributed by atoms with van der Waals surface area (Å²) in [5.74, 6) is 0.392. The quantitative estimate of drug-likeness (QED) is 0.775. The number of aromatic hydroxyl groups is 1. The molecule has 1 aromatic carbocycles. The first-order valence-electron chi connectivity index (χ1n) is 5.56.